The highest BCUT2D eigenvalue weighted by atomic mass is 16.3. The van der Waals surface area contributed by atoms with Gasteiger partial charge in [-0.2, -0.15) is 0 Å². The van der Waals surface area contributed by atoms with Crippen LogP contribution in [0.4, 0.5) is 0 Å². The minimum atomic E-state index is 0.172. The van der Waals surface area contributed by atoms with Crippen molar-refractivity contribution in [3.63, 3.8) is 0 Å². The first-order chi connectivity index (χ1) is 9.17. The van der Waals surface area contributed by atoms with Gasteiger partial charge in [-0.05, 0) is 18.4 Å². The minimum Gasteiger partial charge on any atom is -0.396 e. The fraction of sp³-hybridized carbons (Fsp3) is 0.533. The van der Waals surface area contributed by atoms with Gasteiger partial charge >= 0.3 is 0 Å². The Labute approximate surface area is 116 Å². The molecule has 0 saturated carbocycles. The molecule has 1 aromatic rings. The highest BCUT2D eigenvalue weighted by molar-refractivity contribution is 5.79. The number of benzene rings is 1. The molecule has 0 spiro atoms. The zero-order valence-corrected chi connectivity index (χ0v) is 12.1. The molecule has 1 aromatic carbocycles. The highest BCUT2D eigenvalue weighted by Crippen LogP contribution is 2.03. The van der Waals surface area contributed by atoms with E-state index in [9.17, 15) is 0 Å². The van der Waals surface area contributed by atoms with Crippen LogP contribution in [0.3, 0.4) is 0 Å². The third kappa shape index (κ3) is 5.75. The van der Waals surface area contributed by atoms with Crippen LogP contribution in [-0.2, 0) is 6.54 Å². The quantitative estimate of drug-likeness (QED) is 0.607. The Morgan fingerprint density at radius 2 is 2.05 bits per heavy atom. The Balaban J connectivity index is 2.64. The maximum absolute atomic E-state index is 9.05. The van der Waals surface area contributed by atoms with Gasteiger partial charge in [-0.25, -0.2) is 0 Å². The predicted molar refractivity (Wildman–Crippen MR) is 80.1 cm³/mol. The van der Waals surface area contributed by atoms with E-state index in [1.54, 1.807) is 0 Å². The van der Waals surface area contributed by atoms with Crippen molar-refractivity contribution < 1.29 is 5.11 Å². The van der Waals surface area contributed by atoms with Crippen molar-refractivity contribution in [1.29, 1.82) is 0 Å². The monoisotopic (exact) mass is 263 g/mol. The summed E-state index contributed by atoms with van der Waals surface area (Å²) < 4.78 is 0. The molecule has 19 heavy (non-hydrogen) atoms. The molecular weight excluding hydrogens is 238 g/mol. The summed E-state index contributed by atoms with van der Waals surface area (Å²) in [7, 11) is 2.03. The lowest BCUT2D eigenvalue weighted by Crippen LogP contribution is -2.38. The summed E-state index contributed by atoms with van der Waals surface area (Å²) in [6.07, 6.45) is 0. The molecule has 0 fully saturated rings. The number of nitrogens with one attached hydrogen (secondary N) is 1. The molecule has 0 saturated heterocycles. The van der Waals surface area contributed by atoms with E-state index >= 15 is 0 Å². The van der Waals surface area contributed by atoms with Crippen molar-refractivity contribution in [2.45, 2.75) is 20.4 Å². The Morgan fingerprint density at radius 3 is 2.63 bits per heavy atom. The maximum atomic E-state index is 9.05. The van der Waals surface area contributed by atoms with E-state index < -0.39 is 0 Å². The molecule has 4 heteroatoms. The number of rotatable bonds is 6. The Morgan fingerprint density at radius 1 is 1.37 bits per heavy atom. The van der Waals surface area contributed by atoms with Crippen molar-refractivity contribution in [3.8, 4) is 0 Å². The fourth-order valence-corrected chi connectivity index (χ4v) is 1.70. The van der Waals surface area contributed by atoms with Crippen molar-refractivity contribution >= 4 is 5.96 Å². The molecule has 0 aliphatic carbocycles. The first-order valence-electron chi connectivity index (χ1n) is 6.81. The smallest absolute Gasteiger partial charge is 0.193 e. The lowest BCUT2D eigenvalue weighted by Gasteiger charge is -2.22. The SMILES string of the molecule is CCNC(=NCC(C)CO)N(C)Cc1ccccc1. The van der Waals surface area contributed by atoms with Gasteiger partial charge in [-0.15, -0.1) is 0 Å². The second-order valence-corrected chi connectivity index (χ2v) is 4.82. The number of guanidine groups is 1. The molecule has 4 nitrogen and oxygen atoms in total. The van der Waals surface area contributed by atoms with Gasteiger partial charge in [0, 0.05) is 33.3 Å². The van der Waals surface area contributed by atoms with E-state index in [-0.39, 0.29) is 12.5 Å². The number of aliphatic hydroxyl groups is 1. The molecule has 1 rings (SSSR count). The standard InChI is InChI=1S/C15H25N3O/c1-4-16-15(17-10-13(2)12-19)18(3)11-14-8-6-5-7-9-14/h5-9,13,19H,4,10-12H2,1-3H3,(H,16,17). The van der Waals surface area contributed by atoms with Crippen LogP contribution in [0.1, 0.15) is 19.4 Å². The van der Waals surface area contributed by atoms with E-state index in [1.165, 1.54) is 5.56 Å². The normalized spacial score (nSPS) is 13.2. The largest absolute Gasteiger partial charge is 0.396 e. The van der Waals surface area contributed by atoms with Gasteiger partial charge in [0.1, 0.15) is 0 Å². The Bertz CT molecular complexity index is 378. The number of aliphatic imine (C=N–C) groups is 1. The van der Waals surface area contributed by atoms with E-state index in [1.807, 2.05) is 32.2 Å². The average Bonchev–Trinajstić information content (AvgIpc) is 2.44. The van der Waals surface area contributed by atoms with Crippen LogP contribution in [0.25, 0.3) is 0 Å². The topological polar surface area (TPSA) is 47.9 Å². The van der Waals surface area contributed by atoms with E-state index in [4.69, 9.17) is 5.11 Å². The zero-order chi connectivity index (χ0) is 14.1. The number of hydrogen-bond donors (Lipinski definition) is 2. The van der Waals surface area contributed by atoms with Crippen molar-refractivity contribution in [2.75, 3.05) is 26.7 Å². The van der Waals surface area contributed by atoms with Gasteiger partial charge in [0.05, 0.1) is 0 Å². The van der Waals surface area contributed by atoms with E-state index in [2.05, 4.69) is 34.3 Å². The zero-order valence-electron chi connectivity index (χ0n) is 12.1. The maximum Gasteiger partial charge on any atom is 0.193 e. The molecule has 0 aliphatic heterocycles. The highest BCUT2D eigenvalue weighted by Gasteiger charge is 2.07. The summed E-state index contributed by atoms with van der Waals surface area (Å²) in [4.78, 5) is 6.65. The summed E-state index contributed by atoms with van der Waals surface area (Å²) in [6.45, 7) is 6.51. The van der Waals surface area contributed by atoms with Crippen LogP contribution in [0.5, 0.6) is 0 Å². The molecule has 0 heterocycles. The van der Waals surface area contributed by atoms with Crippen molar-refractivity contribution in [2.24, 2.45) is 10.9 Å². The first-order valence-corrected chi connectivity index (χ1v) is 6.81. The van der Waals surface area contributed by atoms with Crippen LogP contribution in [0.2, 0.25) is 0 Å². The number of hydrogen-bond acceptors (Lipinski definition) is 2. The first kappa shape index (κ1) is 15.5. The molecule has 0 bridgehead atoms. The summed E-state index contributed by atoms with van der Waals surface area (Å²) in [5.41, 5.74) is 1.26. The molecule has 106 valence electrons. The molecule has 0 aromatic heterocycles. The molecule has 1 unspecified atom stereocenters. The van der Waals surface area contributed by atoms with Crippen molar-refractivity contribution in [1.82, 2.24) is 10.2 Å². The number of aliphatic hydroxyl groups excluding tert-OH is 1. The predicted octanol–water partition coefficient (Wildman–Crippen LogP) is 1.71. The van der Waals surface area contributed by atoms with Crippen LogP contribution in [0, 0.1) is 5.92 Å². The second-order valence-electron chi connectivity index (χ2n) is 4.82. The second kappa shape index (κ2) is 8.53. The summed E-state index contributed by atoms with van der Waals surface area (Å²) in [5.74, 6) is 1.07. The molecule has 2 N–H and O–H groups in total. The summed E-state index contributed by atoms with van der Waals surface area (Å²) >= 11 is 0. The molecule has 1 atom stereocenters. The van der Waals surface area contributed by atoms with E-state index in [0.29, 0.717) is 6.54 Å². The summed E-state index contributed by atoms with van der Waals surface area (Å²) in [5, 5.41) is 12.3. The van der Waals surface area contributed by atoms with E-state index in [0.717, 1.165) is 19.0 Å². The lowest BCUT2D eigenvalue weighted by molar-refractivity contribution is 0.241. The van der Waals surface area contributed by atoms with Gasteiger partial charge < -0.3 is 15.3 Å². The minimum absolute atomic E-state index is 0.172. The van der Waals surface area contributed by atoms with Gasteiger partial charge in [0.2, 0.25) is 0 Å². The molecule has 0 aliphatic rings. The van der Waals surface area contributed by atoms with Gasteiger partial charge in [-0.3, -0.25) is 4.99 Å². The van der Waals surface area contributed by atoms with Gasteiger partial charge in [0.15, 0.2) is 5.96 Å². The lowest BCUT2D eigenvalue weighted by atomic mass is 10.2. The van der Waals surface area contributed by atoms with Gasteiger partial charge in [0.25, 0.3) is 0 Å². The van der Waals surface area contributed by atoms with Crippen LogP contribution in [-0.4, -0.2) is 42.7 Å². The van der Waals surface area contributed by atoms with Crippen molar-refractivity contribution in [3.05, 3.63) is 35.9 Å². The number of nitrogens with zero attached hydrogens (tertiary/aromatic N) is 2. The molecular formula is C15H25N3O. The van der Waals surface area contributed by atoms with Crippen LogP contribution < -0.4 is 5.32 Å². The van der Waals surface area contributed by atoms with Gasteiger partial charge in [-0.1, -0.05) is 37.3 Å². The summed E-state index contributed by atoms with van der Waals surface area (Å²) in [6, 6.07) is 10.3. The fourth-order valence-electron chi connectivity index (χ4n) is 1.70. The van der Waals surface area contributed by atoms with Crippen LogP contribution in [0.15, 0.2) is 35.3 Å². The Hall–Kier alpha value is -1.55. The third-order valence-corrected chi connectivity index (χ3v) is 2.82. The Kier molecular flexibility index (Phi) is 6.97. The molecule has 0 radical (unpaired) electrons. The average molecular weight is 263 g/mol. The third-order valence-electron chi connectivity index (χ3n) is 2.82. The van der Waals surface area contributed by atoms with Crippen LogP contribution >= 0.6 is 0 Å². The molecule has 0 amide bonds.